The molecule has 6 nitrogen and oxygen atoms in total. The van der Waals surface area contributed by atoms with Crippen LogP contribution in [-0.4, -0.2) is 27.7 Å². The predicted octanol–water partition coefficient (Wildman–Crippen LogP) is 1.19. The lowest BCUT2D eigenvalue weighted by atomic mass is 10.2. The minimum absolute atomic E-state index is 0.154. The molecule has 0 unspecified atom stereocenters. The molecular formula is C11H10N4O2S2. The third kappa shape index (κ3) is 3.70. The summed E-state index contributed by atoms with van der Waals surface area (Å²) in [4.78, 5) is 11.8. The molecule has 0 aliphatic heterocycles. The number of thiocarbonyl (C=S) groups is 1. The number of para-hydroxylation sites is 1. The van der Waals surface area contributed by atoms with Gasteiger partial charge >= 0.3 is 0 Å². The Balaban J connectivity index is 1.95. The summed E-state index contributed by atoms with van der Waals surface area (Å²) in [6.07, 6.45) is 0. The van der Waals surface area contributed by atoms with Crippen molar-refractivity contribution in [3.05, 3.63) is 35.3 Å². The van der Waals surface area contributed by atoms with Crippen molar-refractivity contribution in [2.75, 3.05) is 11.9 Å². The highest BCUT2D eigenvalue weighted by Crippen LogP contribution is 2.17. The van der Waals surface area contributed by atoms with E-state index in [1.165, 1.54) is 16.8 Å². The van der Waals surface area contributed by atoms with Gasteiger partial charge in [0.1, 0.15) is 16.2 Å². The third-order valence-corrected chi connectivity index (χ3v) is 2.94. The van der Waals surface area contributed by atoms with Crippen LogP contribution in [0.15, 0.2) is 29.8 Å². The van der Waals surface area contributed by atoms with Gasteiger partial charge in [0.25, 0.3) is 5.91 Å². The van der Waals surface area contributed by atoms with Crippen LogP contribution in [0.25, 0.3) is 0 Å². The molecule has 0 saturated heterocycles. The molecule has 0 aliphatic carbocycles. The Morgan fingerprint density at radius 1 is 1.47 bits per heavy atom. The quantitative estimate of drug-likeness (QED) is 0.805. The van der Waals surface area contributed by atoms with Crippen molar-refractivity contribution < 1.29 is 9.53 Å². The summed E-state index contributed by atoms with van der Waals surface area (Å²) < 4.78 is 5.39. The number of ether oxygens (including phenoxy) is 1. The van der Waals surface area contributed by atoms with Crippen LogP contribution in [0.3, 0.4) is 0 Å². The average molecular weight is 294 g/mol. The normalized spacial score (nSPS) is 9.89. The number of anilines is 1. The van der Waals surface area contributed by atoms with Gasteiger partial charge in [0.15, 0.2) is 6.61 Å². The van der Waals surface area contributed by atoms with E-state index in [-0.39, 0.29) is 17.5 Å². The summed E-state index contributed by atoms with van der Waals surface area (Å²) in [6, 6.07) is 7.01. The first-order valence-electron chi connectivity index (χ1n) is 5.24. The van der Waals surface area contributed by atoms with E-state index in [2.05, 4.69) is 15.5 Å². The molecule has 98 valence electrons. The summed E-state index contributed by atoms with van der Waals surface area (Å²) in [7, 11) is 0. The third-order valence-electron chi connectivity index (χ3n) is 2.12. The zero-order chi connectivity index (χ0) is 13.7. The van der Waals surface area contributed by atoms with E-state index in [1.54, 1.807) is 24.3 Å². The standard InChI is InChI=1S/C11H10N4O2S2/c12-10(18)7-3-1-2-4-8(7)17-5-9(16)14-11-15-13-6-19-11/h1-4,6H,5H2,(H2,12,18)(H,14,15,16). The number of rotatable bonds is 5. The Morgan fingerprint density at radius 3 is 2.95 bits per heavy atom. The minimum atomic E-state index is -0.325. The van der Waals surface area contributed by atoms with Gasteiger partial charge in [0, 0.05) is 0 Å². The second kappa shape index (κ2) is 6.21. The molecule has 0 bridgehead atoms. The van der Waals surface area contributed by atoms with Crippen LogP contribution in [0.4, 0.5) is 5.13 Å². The van der Waals surface area contributed by atoms with E-state index in [0.717, 1.165) is 0 Å². The van der Waals surface area contributed by atoms with Gasteiger partial charge in [0.2, 0.25) is 5.13 Å². The number of carbonyl (C=O) groups is 1. The van der Waals surface area contributed by atoms with Crippen LogP contribution in [-0.2, 0) is 4.79 Å². The average Bonchev–Trinajstić information content (AvgIpc) is 2.89. The molecule has 1 amide bonds. The van der Waals surface area contributed by atoms with Gasteiger partial charge in [0.05, 0.1) is 5.56 Å². The second-order valence-electron chi connectivity index (χ2n) is 3.44. The lowest BCUT2D eigenvalue weighted by Gasteiger charge is -2.09. The molecule has 1 aromatic carbocycles. The monoisotopic (exact) mass is 294 g/mol. The molecular weight excluding hydrogens is 284 g/mol. The fourth-order valence-corrected chi connectivity index (χ4v) is 1.95. The van der Waals surface area contributed by atoms with E-state index in [1.807, 2.05) is 0 Å². The molecule has 19 heavy (non-hydrogen) atoms. The summed E-state index contributed by atoms with van der Waals surface area (Å²) in [5, 5.41) is 10.3. The van der Waals surface area contributed by atoms with E-state index < -0.39 is 0 Å². The fraction of sp³-hybridized carbons (Fsp3) is 0.0909. The maximum Gasteiger partial charge on any atom is 0.264 e. The smallest absolute Gasteiger partial charge is 0.264 e. The van der Waals surface area contributed by atoms with Crippen LogP contribution >= 0.6 is 23.6 Å². The van der Waals surface area contributed by atoms with Gasteiger partial charge in [-0.25, -0.2) is 0 Å². The fourth-order valence-electron chi connectivity index (χ4n) is 1.32. The topological polar surface area (TPSA) is 90.1 Å². The number of amides is 1. The number of hydrogen-bond acceptors (Lipinski definition) is 6. The zero-order valence-corrected chi connectivity index (χ0v) is 11.3. The molecule has 0 saturated carbocycles. The minimum Gasteiger partial charge on any atom is -0.483 e. The number of hydrogen-bond donors (Lipinski definition) is 2. The van der Waals surface area contributed by atoms with Crippen molar-refractivity contribution >= 4 is 39.6 Å². The molecule has 0 fully saturated rings. The number of aromatic nitrogens is 2. The molecule has 1 aromatic heterocycles. The van der Waals surface area contributed by atoms with E-state index in [4.69, 9.17) is 22.7 Å². The van der Waals surface area contributed by atoms with Gasteiger partial charge < -0.3 is 10.5 Å². The van der Waals surface area contributed by atoms with Gasteiger partial charge in [-0.3, -0.25) is 10.1 Å². The van der Waals surface area contributed by atoms with Gasteiger partial charge in [-0.1, -0.05) is 35.7 Å². The van der Waals surface area contributed by atoms with Crippen molar-refractivity contribution in [2.24, 2.45) is 5.73 Å². The Bertz CT molecular complexity index is 586. The van der Waals surface area contributed by atoms with Gasteiger partial charge in [-0.15, -0.1) is 10.2 Å². The van der Waals surface area contributed by atoms with E-state index in [9.17, 15) is 4.79 Å². The Hall–Kier alpha value is -2.06. The molecule has 0 atom stereocenters. The van der Waals surface area contributed by atoms with E-state index in [0.29, 0.717) is 16.4 Å². The van der Waals surface area contributed by atoms with Gasteiger partial charge in [-0.05, 0) is 12.1 Å². The first kappa shape index (κ1) is 13.4. The first-order valence-corrected chi connectivity index (χ1v) is 6.53. The summed E-state index contributed by atoms with van der Waals surface area (Å²) in [6.45, 7) is -0.154. The number of nitrogens with two attached hydrogens (primary N) is 1. The first-order chi connectivity index (χ1) is 9.16. The summed E-state index contributed by atoms with van der Waals surface area (Å²) >= 11 is 6.13. The van der Waals surface area contributed by atoms with Crippen molar-refractivity contribution in [2.45, 2.75) is 0 Å². The highest BCUT2D eigenvalue weighted by atomic mass is 32.1. The van der Waals surface area contributed by atoms with Crippen molar-refractivity contribution in [3.63, 3.8) is 0 Å². The lowest BCUT2D eigenvalue weighted by molar-refractivity contribution is -0.118. The summed E-state index contributed by atoms with van der Waals surface area (Å²) in [5.41, 5.74) is 7.69. The maximum atomic E-state index is 11.6. The zero-order valence-electron chi connectivity index (χ0n) is 9.70. The maximum absolute atomic E-state index is 11.6. The highest BCUT2D eigenvalue weighted by molar-refractivity contribution is 7.80. The van der Waals surface area contributed by atoms with Crippen LogP contribution < -0.4 is 15.8 Å². The Morgan fingerprint density at radius 2 is 2.26 bits per heavy atom. The molecule has 0 aliphatic rings. The Labute approximate surface area is 118 Å². The molecule has 0 spiro atoms. The van der Waals surface area contributed by atoms with Crippen molar-refractivity contribution in [1.29, 1.82) is 0 Å². The summed E-state index contributed by atoms with van der Waals surface area (Å²) in [5.74, 6) is 0.150. The number of nitrogens with zero attached hydrogens (tertiary/aromatic N) is 2. The lowest BCUT2D eigenvalue weighted by Crippen LogP contribution is -2.21. The van der Waals surface area contributed by atoms with Crippen LogP contribution in [0, 0.1) is 0 Å². The Kier molecular flexibility index (Phi) is 4.37. The molecule has 0 radical (unpaired) electrons. The molecule has 8 heteroatoms. The molecule has 3 N–H and O–H groups in total. The highest BCUT2D eigenvalue weighted by Gasteiger charge is 2.09. The molecule has 2 aromatic rings. The molecule has 1 heterocycles. The second-order valence-corrected chi connectivity index (χ2v) is 4.71. The number of nitrogens with one attached hydrogen (secondary N) is 1. The number of benzene rings is 1. The number of carbonyl (C=O) groups excluding carboxylic acids is 1. The van der Waals surface area contributed by atoms with Crippen LogP contribution in [0.5, 0.6) is 5.75 Å². The van der Waals surface area contributed by atoms with Crippen molar-refractivity contribution in [3.8, 4) is 5.75 Å². The van der Waals surface area contributed by atoms with E-state index >= 15 is 0 Å². The van der Waals surface area contributed by atoms with Crippen LogP contribution in [0.2, 0.25) is 0 Å². The van der Waals surface area contributed by atoms with Crippen LogP contribution in [0.1, 0.15) is 5.56 Å². The predicted molar refractivity (Wildman–Crippen MR) is 76.4 cm³/mol. The van der Waals surface area contributed by atoms with Gasteiger partial charge in [-0.2, -0.15) is 0 Å². The SMILES string of the molecule is NC(=S)c1ccccc1OCC(=O)Nc1nncs1. The molecule has 2 rings (SSSR count). The van der Waals surface area contributed by atoms with Crippen molar-refractivity contribution in [1.82, 2.24) is 10.2 Å². The largest absolute Gasteiger partial charge is 0.483 e.